The molecule has 4 nitrogen and oxygen atoms in total. The number of ether oxygens (including phenoxy) is 1. The average molecular weight is 321 g/mol. The smallest absolute Gasteiger partial charge is 0.156 e. The van der Waals surface area contributed by atoms with E-state index in [1.54, 1.807) is 29.1 Å². The lowest BCUT2D eigenvalue weighted by Gasteiger charge is -2.09. The SMILES string of the molecule is CC(Cl)c1cn(CCOc2c(Cl)cccc2Cl)nn1. The molecule has 0 fully saturated rings. The van der Waals surface area contributed by atoms with Gasteiger partial charge in [0.2, 0.25) is 0 Å². The van der Waals surface area contributed by atoms with E-state index in [-0.39, 0.29) is 5.38 Å². The van der Waals surface area contributed by atoms with Gasteiger partial charge in [0.15, 0.2) is 5.75 Å². The molecule has 1 unspecified atom stereocenters. The van der Waals surface area contributed by atoms with Gasteiger partial charge in [-0.1, -0.05) is 34.5 Å². The van der Waals surface area contributed by atoms with Crippen LogP contribution in [0.15, 0.2) is 24.4 Å². The molecule has 0 aliphatic carbocycles. The minimum absolute atomic E-state index is 0.160. The molecule has 0 amide bonds. The summed E-state index contributed by atoms with van der Waals surface area (Å²) in [6.45, 7) is 2.77. The Hall–Kier alpha value is -0.970. The van der Waals surface area contributed by atoms with Gasteiger partial charge in [-0.3, -0.25) is 0 Å². The Morgan fingerprint density at radius 3 is 2.58 bits per heavy atom. The van der Waals surface area contributed by atoms with Crippen LogP contribution in [0, 0.1) is 0 Å². The molecule has 2 rings (SSSR count). The number of hydrogen-bond acceptors (Lipinski definition) is 3. The van der Waals surface area contributed by atoms with E-state index < -0.39 is 0 Å². The lowest BCUT2D eigenvalue weighted by molar-refractivity contribution is 0.290. The van der Waals surface area contributed by atoms with Crippen LogP contribution >= 0.6 is 34.8 Å². The Morgan fingerprint density at radius 1 is 1.32 bits per heavy atom. The molecule has 0 spiro atoms. The second-order valence-corrected chi connectivity index (χ2v) is 5.39. The first kappa shape index (κ1) is 14.4. The third-order valence-electron chi connectivity index (χ3n) is 2.45. The lowest BCUT2D eigenvalue weighted by atomic mass is 10.3. The molecule has 0 N–H and O–H groups in total. The predicted molar refractivity (Wildman–Crippen MR) is 76.2 cm³/mol. The van der Waals surface area contributed by atoms with Gasteiger partial charge in [-0.25, -0.2) is 4.68 Å². The first-order valence-corrected chi connectivity index (χ1v) is 6.88. The highest BCUT2D eigenvalue weighted by molar-refractivity contribution is 6.37. The molecule has 2 aromatic rings. The summed E-state index contributed by atoms with van der Waals surface area (Å²) >= 11 is 17.9. The molecule has 0 saturated heterocycles. The molecule has 0 bridgehead atoms. The van der Waals surface area contributed by atoms with Gasteiger partial charge in [-0.15, -0.1) is 16.7 Å². The molecule has 102 valence electrons. The quantitative estimate of drug-likeness (QED) is 0.783. The van der Waals surface area contributed by atoms with Crippen molar-refractivity contribution in [2.45, 2.75) is 18.8 Å². The minimum Gasteiger partial charge on any atom is -0.489 e. The van der Waals surface area contributed by atoms with Crippen LogP contribution in [-0.4, -0.2) is 21.6 Å². The van der Waals surface area contributed by atoms with Crippen molar-refractivity contribution >= 4 is 34.8 Å². The van der Waals surface area contributed by atoms with Crippen molar-refractivity contribution in [3.63, 3.8) is 0 Å². The maximum absolute atomic E-state index is 6.00. The fourth-order valence-corrected chi connectivity index (χ4v) is 2.07. The van der Waals surface area contributed by atoms with Crippen LogP contribution in [0.25, 0.3) is 0 Å². The van der Waals surface area contributed by atoms with E-state index in [1.807, 2.05) is 6.92 Å². The Labute approximate surface area is 126 Å². The second-order valence-electron chi connectivity index (χ2n) is 3.92. The van der Waals surface area contributed by atoms with Gasteiger partial charge < -0.3 is 4.74 Å². The van der Waals surface area contributed by atoms with Crippen molar-refractivity contribution in [2.24, 2.45) is 0 Å². The van der Waals surface area contributed by atoms with Crippen LogP contribution in [0.4, 0.5) is 0 Å². The van der Waals surface area contributed by atoms with Crippen LogP contribution < -0.4 is 4.74 Å². The van der Waals surface area contributed by atoms with E-state index in [4.69, 9.17) is 39.5 Å². The van der Waals surface area contributed by atoms with Gasteiger partial charge in [0, 0.05) is 0 Å². The van der Waals surface area contributed by atoms with Crippen molar-refractivity contribution in [2.75, 3.05) is 6.61 Å². The average Bonchev–Trinajstić information content (AvgIpc) is 2.82. The van der Waals surface area contributed by atoms with Crippen LogP contribution in [0.3, 0.4) is 0 Å². The maximum Gasteiger partial charge on any atom is 0.156 e. The summed E-state index contributed by atoms with van der Waals surface area (Å²) in [4.78, 5) is 0. The number of halogens is 3. The van der Waals surface area contributed by atoms with E-state index in [2.05, 4.69) is 10.3 Å². The molecule has 1 aromatic heterocycles. The van der Waals surface area contributed by atoms with Crippen molar-refractivity contribution in [1.29, 1.82) is 0 Å². The van der Waals surface area contributed by atoms with Gasteiger partial charge in [-0.05, 0) is 19.1 Å². The van der Waals surface area contributed by atoms with E-state index in [9.17, 15) is 0 Å². The summed E-state index contributed by atoms with van der Waals surface area (Å²) in [5.41, 5.74) is 0.734. The van der Waals surface area contributed by atoms with Gasteiger partial charge in [0.25, 0.3) is 0 Å². The van der Waals surface area contributed by atoms with Gasteiger partial charge in [0.1, 0.15) is 12.3 Å². The highest BCUT2D eigenvalue weighted by Gasteiger charge is 2.08. The van der Waals surface area contributed by atoms with E-state index in [0.717, 1.165) is 5.69 Å². The zero-order chi connectivity index (χ0) is 13.8. The molecule has 1 atom stereocenters. The maximum atomic E-state index is 6.00. The van der Waals surface area contributed by atoms with E-state index in [1.165, 1.54) is 0 Å². The number of alkyl halides is 1. The zero-order valence-corrected chi connectivity index (χ0v) is 12.5. The van der Waals surface area contributed by atoms with Crippen molar-refractivity contribution in [3.05, 3.63) is 40.1 Å². The second kappa shape index (κ2) is 6.46. The van der Waals surface area contributed by atoms with Gasteiger partial charge >= 0.3 is 0 Å². The molecular weight excluding hydrogens is 309 g/mol. The van der Waals surface area contributed by atoms with Crippen molar-refractivity contribution < 1.29 is 4.74 Å². The lowest BCUT2D eigenvalue weighted by Crippen LogP contribution is -2.09. The summed E-state index contributed by atoms with van der Waals surface area (Å²) in [6.07, 6.45) is 1.79. The normalized spacial score (nSPS) is 12.4. The molecule has 1 heterocycles. The number of para-hydroxylation sites is 1. The number of nitrogens with zero attached hydrogens (tertiary/aromatic N) is 3. The van der Waals surface area contributed by atoms with Crippen molar-refractivity contribution in [1.82, 2.24) is 15.0 Å². The summed E-state index contributed by atoms with van der Waals surface area (Å²) in [6, 6.07) is 5.22. The van der Waals surface area contributed by atoms with Crippen LogP contribution in [0.2, 0.25) is 10.0 Å². The topological polar surface area (TPSA) is 39.9 Å². The van der Waals surface area contributed by atoms with Gasteiger partial charge in [-0.2, -0.15) is 0 Å². The number of benzene rings is 1. The molecule has 1 aromatic carbocycles. The third-order valence-corrected chi connectivity index (χ3v) is 3.27. The van der Waals surface area contributed by atoms with Crippen molar-refractivity contribution in [3.8, 4) is 5.75 Å². The molecule has 0 aliphatic heterocycles. The summed E-state index contributed by atoms with van der Waals surface area (Å²) < 4.78 is 7.22. The highest BCUT2D eigenvalue weighted by Crippen LogP contribution is 2.32. The number of rotatable bonds is 5. The van der Waals surface area contributed by atoms with Crippen LogP contribution in [0.5, 0.6) is 5.75 Å². The van der Waals surface area contributed by atoms with E-state index in [0.29, 0.717) is 28.9 Å². The number of hydrogen-bond donors (Lipinski definition) is 0. The fraction of sp³-hybridized carbons (Fsp3) is 0.333. The predicted octanol–water partition coefficient (Wildman–Crippen LogP) is 3.96. The summed E-state index contributed by atoms with van der Waals surface area (Å²) in [7, 11) is 0. The summed E-state index contributed by atoms with van der Waals surface area (Å²) in [5, 5.41) is 8.71. The third kappa shape index (κ3) is 3.75. The molecular formula is C12H12Cl3N3O. The molecule has 0 radical (unpaired) electrons. The Bertz CT molecular complexity index is 537. The fourth-order valence-electron chi connectivity index (χ4n) is 1.47. The molecule has 19 heavy (non-hydrogen) atoms. The Morgan fingerprint density at radius 2 is 2.00 bits per heavy atom. The first-order valence-electron chi connectivity index (χ1n) is 5.69. The monoisotopic (exact) mass is 319 g/mol. The zero-order valence-electron chi connectivity index (χ0n) is 10.2. The van der Waals surface area contributed by atoms with Gasteiger partial charge in [0.05, 0.1) is 28.2 Å². The van der Waals surface area contributed by atoms with E-state index >= 15 is 0 Å². The number of aromatic nitrogens is 3. The highest BCUT2D eigenvalue weighted by atomic mass is 35.5. The largest absolute Gasteiger partial charge is 0.489 e. The Balaban J connectivity index is 1.92. The molecule has 0 saturated carbocycles. The summed E-state index contributed by atoms with van der Waals surface area (Å²) in [5.74, 6) is 0.483. The first-order chi connectivity index (χ1) is 9.08. The Kier molecular flexibility index (Phi) is 4.91. The molecule has 0 aliphatic rings. The minimum atomic E-state index is -0.160. The molecule has 7 heteroatoms. The van der Waals surface area contributed by atoms with Crippen LogP contribution in [-0.2, 0) is 6.54 Å². The standard InChI is InChI=1S/C12H12Cl3N3O/c1-8(13)11-7-18(17-16-11)5-6-19-12-9(14)3-2-4-10(12)15/h2-4,7-8H,5-6H2,1H3. The van der Waals surface area contributed by atoms with Crippen LogP contribution in [0.1, 0.15) is 18.0 Å².